The van der Waals surface area contributed by atoms with Crippen LogP contribution in [0.4, 0.5) is 11.5 Å². The second-order valence-corrected chi connectivity index (χ2v) is 10.4. The molecule has 0 bridgehead atoms. The number of nitrogens with zero attached hydrogens (tertiary/aromatic N) is 3. The van der Waals surface area contributed by atoms with Crippen LogP contribution in [-0.2, 0) is 11.2 Å². The maximum atomic E-state index is 12.8. The highest BCUT2D eigenvalue weighted by atomic mass is 35.5. The number of ether oxygens (including phenoxy) is 1. The molecule has 1 aliphatic heterocycles. The predicted octanol–water partition coefficient (Wildman–Crippen LogP) is 6.92. The molecule has 2 aromatic carbocycles. The lowest BCUT2D eigenvalue weighted by molar-refractivity contribution is -0.118. The van der Waals surface area contributed by atoms with Gasteiger partial charge in [-0.15, -0.1) is 0 Å². The highest BCUT2D eigenvalue weighted by molar-refractivity contribution is 6.41. The number of carbonyl (C=O) groups is 2. The zero-order chi connectivity index (χ0) is 27.7. The van der Waals surface area contributed by atoms with Crippen molar-refractivity contribution in [2.75, 3.05) is 18.6 Å². The standard InChI is InChI=1S/C30H27Cl2N3O4/c1-17(18-6-7-18)22(29(33-2)28-23(31)4-3-5-24(28)32)16-39-21-10-11-25-19(14-21)9-13-27(36)35(25)26-12-8-20(15-34-26)30(37)38/h3-5,8,10-12,14-15,18H,6-7,9,13,16H2,1-2H3,(H,37,38)/b22-17+,33-29?. The van der Waals surface area contributed by atoms with Crippen LogP contribution < -0.4 is 9.64 Å². The normalized spacial score (nSPS) is 16.1. The lowest BCUT2D eigenvalue weighted by atomic mass is 9.96. The maximum absolute atomic E-state index is 12.8. The number of aliphatic imine (C=N–C) groups is 1. The van der Waals surface area contributed by atoms with Gasteiger partial charge in [-0.25, -0.2) is 9.78 Å². The second kappa shape index (κ2) is 11.2. The van der Waals surface area contributed by atoms with Crippen molar-refractivity contribution < 1.29 is 19.4 Å². The molecule has 0 spiro atoms. The Labute approximate surface area is 236 Å². The first-order valence-electron chi connectivity index (χ1n) is 12.7. The van der Waals surface area contributed by atoms with Crippen LogP contribution in [-0.4, -0.2) is 41.3 Å². The Kier molecular flexibility index (Phi) is 7.73. The third-order valence-corrected chi connectivity index (χ3v) is 7.76. The number of benzene rings is 2. The Bertz CT molecular complexity index is 1490. The Morgan fingerprint density at radius 3 is 2.49 bits per heavy atom. The average molecular weight is 564 g/mol. The van der Waals surface area contributed by atoms with E-state index in [0.717, 1.165) is 29.7 Å². The van der Waals surface area contributed by atoms with E-state index in [1.807, 2.05) is 24.3 Å². The third-order valence-electron chi connectivity index (χ3n) is 7.13. The molecule has 9 heteroatoms. The van der Waals surface area contributed by atoms with E-state index < -0.39 is 5.97 Å². The number of fused-ring (bicyclic) bond motifs is 1. The van der Waals surface area contributed by atoms with Gasteiger partial charge in [-0.2, -0.15) is 0 Å². The number of aromatic nitrogens is 1. The molecule has 1 aliphatic carbocycles. The van der Waals surface area contributed by atoms with Crippen molar-refractivity contribution >= 4 is 52.3 Å². The highest BCUT2D eigenvalue weighted by Gasteiger charge is 2.30. The molecule has 1 N–H and O–H groups in total. The summed E-state index contributed by atoms with van der Waals surface area (Å²) < 4.78 is 6.32. The fraction of sp³-hybridized carbons (Fsp3) is 0.267. The van der Waals surface area contributed by atoms with Crippen molar-refractivity contribution in [2.45, 2.75) is 32.6 Å². The van der Waals surface area contributed by atoms with Gasteiger partial charge in [0.2, 0.25) is 5.91 Å². The van der Waals surface area contributed by atoms with Gasteiger partial charge in [-0.05, 0) is 80.1 Å². The van der Waals surface area contributed by atoms with Gasteiger partial charge < -0.3 is 9.84 Å². The number of hydrogen-bond acceptors (Lipinski definition) is 5. The number of hydrogen-bond donors (Lipinski definition) is 1. The number of carboxylic acid groups (broad SMARTS) is 1. The molecule has 39 heavy (non-hydrogen) atoms. The van der Waals surface area contributed by atoms with Crippen molar-refractivity contribution in [1.29, 1.82) is 0 Å². The van der Waals surface area contributed by atoms with Crippen LogP contribution in [0.5, 0.6) is 5.75 Å². The van der Waals surface area contributed by atoms with Gasteiger partial charge in [-0.3, -0.25) is 14.7 Å². The summed E-state index contributed by atoms with van der Waals surface area (Å²) in [5.41, 5.74) is 5.32. The molecule has 0 saturated heterocycles. The molecule has 2 aliphatic rings. The van der Waals surface area contributed by atoms with Crippen LogP contribution in [0.2, 0.25) is 10.0 Å². The van der Waals surface area contributed by atoms with Crippen molar-refractivity contribution in [2.24, 2.45) is 10.9 Å². The minimum absolute atomic E-state index is 0.0607. The van der Waals surface area contributed by atoms with Gasteiger partial charge in [0.15, 0.2) is 0 Å². The van der Waals surface area contributed by atoms with Crippen LogP contribution in [0.3, 0.4) is 0 Å². The quantitative estimate of drug-likeness (QED) is 0.300. The van der Waals surface area contributed by atoms with Crippen LogP contribution in [0, 0.1) is 5.92 Å². The Morgan fingerprint density at radius 1 is 1.13 bits per heavy atom. The second-order valence-electron chi connectivity index (χ2n) is 9.62. The molecule has 3 aromatic rings. The minimum Gasteiger partial charge on any atom is -0.489 e. The molecule has 5 rings (SSSR count). The van der Waals surface area contributed by atoms with Crippen LogP contribution in [0.25, 0.3) is 0 Å². The average Bonchev–Trinajstić information content (AvgIpc) is 3.77. The van der Waals surface area contributed by atoms with E-state index in [0.29, 0.717) is 51.6 Å². The molecule has 200 valence electrons. The molecular formula is C30H27Cl2N3O4. The molecule has 1 fully saturated rings. The van der Waals surface area contributed by atoms with Gasteiger partial charge in [0.25, 0.3) is 0 Å². The Morgan fingerprint density at radius 2 is 1.87 bits per heavy atom. The first kappa shape index (κ1) is 26.9. The van der Waals surface area contributed by atoms with Crippen LogP contribution >= 0.6 is 23.2 Å². The van der Waals surface area contributed by atoms with Gasteiger partial charge in [0.05, 0.1) is 27.0 Å². The van der Waals surface area contributed by atoms with Gasteiger partial charge in [0.1, 0.15) is 18.2 Å². The SMILES string of the molecule is CN=C(/C(COc1ccc2c(c1)CCC(=O)N2c1ccc(C(=O)O)cn1)=C(\C)C1CC1)c1c(Cl)cccc1Cl. The number of carbonyl (C=O) groups excluding carboxylic acids is 1. The van der Waals surface area contributed by atoms with Crippen LogP contribution in [0.1, 0.15) is 47.7 Å². The summed E-state index contributed by atoms with van der Waals surface area (Å²) in [4.78, 5) is 34.3. The number of pyridine rings is 1. The smallest absolute Gasteiger partial charge is 0.337 e. The predicted molar refractivity (Wildman–Crippen MR) is 153 cm³/mol. The third kappa shape index (κ3) is 5.56. The van der Waals surface area contributed by atoms with Crippen molar-refractivity contribution in [3.05, 3.63) is 92.6 Å². The largest absolute Gasteiger partial charge is 0.489 e. The fourth-order valence-electron chi connectivity index (χ4n) is 4.86. The fourth-order valence-corrected chi connectivity index (χ4v) is 5.44. The molecular weight excluding hydrogens is 537 g/mol. The summed E-state index contributed by atoms with van der Waals surface area (Å²) in [5, 5.41) is 10.2. The van der Waals surface area contributed by atoms with E-state index in [1.165, 1.54) is 22.7 Å². The zero-order valence-electron chi connectivity index (χ0n) is 21.6. The molecule has 1 saturated carbocycles. The maximum Gasteiger partial charge on any atom is 0.337 e. The molecule has 0 unspecified atom stereocenters. The Hall–Kier alpha value is -3.68. The lowest BCUT2D eigenvalue weighted by Gasteiger charge is -2.29. The summed E-state index contributed by atoms with van der Waals surface area (Å²) in [5.74, 6) is 0.367. The number of halogens is 2. The first-order chi connectivity index (χ1) is 18.8. The van der Waals surface area contributed by atoms with Gasteiger partial charge >= 0.3 is 5.97 Å². The number of rotatable bonds is 8. The van der Waals surface area contributed by atoms with Crippen molar-refractivity contribution in [1.82, 2.24) is 4.98 Å². The summed E-state index contributed by atoms with van der Waals surface area (Å²) in [6.07, 6.45) is 4.39. The van der Waals surface area contributed by atoms with E-state index in [2.05, 4.69) is 16.9 Å². The zero-order valence-corrected chi connectivity index (χ0v) is 23.1. The van der Waals surface area contributed by atoms with Gasteiger partial charge in [-0.1, -0.05) is 34.8 Å². The number of allylic oxidation sites excluding steroid dienone is 1. The number of aryl methyl sites for hydroxylation is 1. The van der Waals surface area contributed by atoms with E-state index >= 15 is 0 Å². The number of amides is 1. The van der Waals surface area contributed by atoms with Crippen LogP contribution in [0.15, 0.2) is 70.9 Å². The number of carboxylic acids is 1. The molecule has 1 aromatic heterocycles. The summed E-state index contributed by atoms with van der Waals surface area (Å²) in [7, 11) is 1.73. The summed E-state index contributed by atoms with van der Waals surface area (Å²) >= 11 is 13.1. The topological polar surface area (TPSA) is 92.1 Å². The molecule has 0 radical (unpaired) electrons. The number of anilines is 2. The van der Waals surface area contributed by atoms with E-state index in [-0.39, 0.29) is 18.1 Å². The lowest BCUT2D eigenvalue weighted by Crippen LogP contribution is -2.31. The van der Waals surface area contributed by atoms with Gasteiger partial charge in [0, 0.05) is 30.8 Å². The first-order valence-corrected chi connectivity index (χ1v) is 13.4. The van der Waals surface area contributed by atoms with Crippen molar-refractivity contribution in [3.63, 3.8) is 0 Å². The number of aromatic carboxylic acids is 1. The Balaban J connectivity index is 1.42. The molecule has 7 nitrogen and oxygen atoms in total. The summed E-state index contributed by atoms with van der Waals surface area (Å²) in [6.45, 7) is 2.40. The van der Waals surface area contributed by atoms with E-state index in [4.69, 9.17) is 33.0 Å². The molecule has 1 amide bonds. The monoisotopic (exact) mass is 563 g/mol. The van der Waals surface area contributed by atoms with E-state index in [1.54, 1.807) is 25.2 Å². The molecule has 2 heterocycles. The van der Waals surface area contributed by atoms with Crippen molar-refractivity contribution in [3.8, 4) is 5.75 Å². The summed E-state index contributed by atoms with van der Waals surface area (Å²) in [6, 6.07) is 14.0. The van der Waals surface area contributed by atoms with E-state index in [9.17, 15) is 9.59 Å². The minimum atomic E-state index is -1.07. The molecule has 0 atom stereocenters. The highest BCUT2D eigenvalue weighted by Crippen LogP contribution is 2.40.